The molecule has 0 aromatic carbocycles. The molecule has 0 saturated carbocycles. The SMILES string of the molecule is COC(=O)Cc1c(C(=O)OC)nnn1Cc1ccco1. The second-order valence-corrected chi connectivity index (χ2v) is 3.87. The number of ether oxygens (including phenoxy) is 2. The molecule has 0 atom stereocenters. The van der Waals surface area contributed by atoms with E-state index in [1.807, 2.05) is 0 Å². The minimum Gasteiger partial charge on any atom is -0.469 e. The predicted molar refractivity (Wildman–Crippen MR) is 64.9 cm³/mol. The monoisotopic (exact) mass is 279 g/mol. The van der Waals surface area contributed by atoms with E-state index >= 15 is 0 Å². The first-order valence-electron chi connectivity index (χ1n) is 5.75. The number of carbonyl (C=O) groups is 2. The zero-order chi connectivity index (χ0) is 14.5. The molecule has 0 radical (unpaired) electrons. The van der Waals surface area contributed by atoms with E-state index in [-0.39, 0.29) is 18.7 Å². The van der Waals surface area contributed by atoms with Crippen LogP contribution in [0.25, 0.3) is 0 Å². The van der Waals surface area contributed by atoms with Gasteiger partial charge in [0.15, 0.2) is 5.69 Å². The molecule has 0 unspecified atom stereocenters. The molecule has 0 aliphatic rings. The summed E-state index contributed by atoms with van der Waals surface area (Å²) < 4.78 is 15.8. The number of carbonyl (C=O) groups excluding carboxylic acids is 2. The molecular weight excluding hydrogens is 266 g/mol. The molecule has 8 nitrogen and oxygen atoms in total. The summed E-state index contributed by atoms with van der Waals surface area (Å²) in [5.74, 6) is -0.537. The predicted octanol–water partition coefficient (Wildman–Crippen LogP) is 0.421. The summed E-state index contributed by atoms with van der Waals surface area (Å²) in [5, 5.41) is 7.59. The van der Waals surface area contributed by atoms with E-state index in [4.69, 9.17) is 4.42 Å². The van der Waals surface area contributed by atoms with Crippen LogP contribution in [-0.4, -0.2) is 41.2 Å². The van der Waals surface area contributed by atoms with Crippen molar-refractivity contribution in [3.8, 4) is 0 Å². The summed E-state index contributed by atoms with van der Waals surface area (Å²) in [6.45, 7) is 0.253. The molecule has 2 heterocycles. The first-order chi connectivity index (χ1) is 9.65. The van der Waals surface area contributed by atoms with Crippen LogP contribution in [-0.2, 0) is 27.2 Å². The van der Waals surface area contributed by atoms with Gasteiger partial charge >= 0.3 is 11.9 Å². The summed E-state index contributed by atoms with van der Waals surface area (Å²) in [6, 6.07) is 3.48. The highest BCUT2D eigenvalue weighted by Crippen LogP contribution is 2.12. The minimum atomic E-state index is -0.658. The Balaban J connectivity index is 2.33. The van der Waals surface area contributed by atoms with Crippen LogP contribution in [0, 0.1) is 0 Å². The Morgan fingerprint density at radius 2 is 2.15 bits per heavy atom. The Kier molecular flexibility index (Phi) is 4.14. The van der Waals surface area contributed by atoms with Gasteiger partial charge in [0.05, 0.1) is 32.6 Å². The number of esters is 2. The standard InChI is InChI=1S/C12H13N3O5/c1-18-10(16)6-9-11(12(17)19-2)13-14-15(9)7-8-4-3-5-20-8/h3-5H,6-7H2,1-2H3. The van der Waals surface area contributed by atoms with Crippen LogP contribution in [0.2, 0.25) is 0 Å². The highest BCUT2D eigenvalue weighted by Gasteiger charge is 2.23. The van der Waals surface area contributed by atoms with Crippen LogP contribution >= 0.6 is 0 Å². The molecule has 2 aromatic rings. The number of rotatable bonds is 5. The second kappa shape index (κ2) is 6.00. The van der Waals surface area contributed by atoms with Crippen molar-refractivity contribution in [3.63, 3.8) is 0 Å². The van der Waals surface area contributed by atoms with E-state index in [0.717, 1.165) is 0 Å². The summed E-state index contributed by atoms with van der Waals surface area (Å²) in [4.78, 5) is 23.0. The molecule has 0 spiro atoms. The Labute approximate surface area is 114 Å². The molecule has 8 heteroatoms. The average molecular weight is 279 g/mol. The van der Waals surface area contributed by atoms with E-state index in [2.05, 4.69) is 19.8 Å². The molecule has 0 amide bonds. The lowest BCUT2D eigenvalue weighted by Crippen LogP contribution is -2.15. The van der Waals surface area contributed by atoms with Crippen molar-refractivity contribution >= 4 is 11.9 Å². The van der Waals surface area contributed by atoms with Crippen molar-refractivity contribution in [1.82, 2.24) is 15.0 Å². The third-order valence-electron chi connectivity index (χ3n) is 2.64. The Hall–Kier alpha value is -2.64. The summed E-state index contributed by atoms with van der Waals surface area (Å²) >= 11 is 0. The zero-order valence-corrected chi connectivity index (χ0v) is 11.0. The van der Waals surface area contributed by atoms with Gasteiger partial charge < -0.3 is 13.9 Å². The Bertz CT molecular complexity index is 603. The number of hydrogen-bond donors (Lipinski definition) is 0. The van der Waals surface area contributed by atoms with Crippen molar-refractivity contribution in [2.24, 2.45) is 0 Å². The number of nitrogens with zero attached hydrogens (tertiary/aromatic N) is 3. The molecule has 0 aliphatic carbocycles. The van der Waals surface area contributed by atoms with Gasteiger partial charge in [-0.1, -0.05) is 5.21 Å². The number of furan rings is 1. The second-order valence-electron chi connectivity index (χ2n) is 3.87. The number of aromatic nitrogens is 3. The molecule has 20 heavy (non-hydrogen) atoms. The fraction of sp³-hybridized carbons (Fsp3) is 0.333. The molecule has 0 aliphatic heterocycles. The van der Waals surface area contributed by atoms with Crippen molar-refractivity contribution in [2.45, 2.75) is 13.0 Å². The van der Waals surface area contributed by atoms with Gasteiger partial charge in [0.1, 0.15) is 12.3 Å². The highest BCUT2D eigenvalue weighted by atomic mass is 16.5. The fourth-order valence-electron chi connectivity index (χ4n) is 1.65. The maximum Gasteiger partial charge on any atom is 0.360 e. The van der Waals surface area contributed by atoms with Crippen molar-refractivity contribution < 1.29 is 23.5 Å². The lowest BCUT2D eigenvalue weighted by atomic mass is 10.2. The summed E-state index contributed by atoms with van der Waals surface area (Å²) in [6.07, 6.45) is 1.39. The third kappa shape index (κ3) is 2.85. The molecule has 106 valence electrons. The van der Waals surface area contributed by atoms with E-state index in [1.54, 1.807) is 12.1 Å². The van der Waals surface area contributed by atoms with Gasteiger partial charge in [0.25, 0.3) is 0 Å². The molecule has 2 rings (SSSR count). The average Bonchev–Trinajstić information content (AvgIpc) is 3.09. The van der Waals surface area contributed by atoms with Crippen LogP contribution in [0.15, 0.2) is 22.8 Å². The third-order valence-corrected chi connectivity index (χ3v) is 2.64. The number of methoxy groups -OCH3 is 2. The van der Waals surface area contributed by atoms with Crippen LogP contribution < -0.4 is 0 Å². The normalized spacial score (nSPS) is 10.3. The largest absolute Gasteiger partial charge is 0.469 e. The first-order valence-corrected chi connectivity index (χ1v) is 5.75. The summed E-state index contributed by atoms with van der Waals surface area (Å²) in [5.41, 5.74) is 0.310. The van der Waals surface area contributed by atoms with Gasteiger partial charge in [-0.05, 0) is 12.1 Å². The molecule has 2 aromatic heterocycles. The van der Waals surface area contributed by atoms with Crippen LogP contribution in [0.3, 0.4) is 0 Å². The van der Waals surface area contributed by atoms with Gasteiger partial charge in [0, 0.05) is 0 Å². The topological polar surface area (TPSA) is 96.5 Å². The van der Waals surface area contributed by atoms with E-state index in [9.17, 15) is 9.59 Å². The minimum absolute atomic E-state index is 0.00976. The van der Waals surface area contributed by atoms with Gasteiger partial charge in [-0.2, -0.15) is 0 Å². The molecule has 0 bridgehead atoms. The first kappa shape index (κ1) is 13.8. The quantitative estimate of drug-likeness (QED) is 0.732. The van der Waals surface area contributed by atoms with Gasteiger partial charge in [-0.25, -0.2) is 9.48 Å². The van der Waals surface area contributed by atoms with Gasteiger partial charge in [-0.15, -0.1) is 5.10 Å². The van der Waals surface area contributed by atoms with E-state index in [1.165, 1.54) is 25.2 Å². The summed E-state index contributed by atoms with van der Waals surface area (Å²) in [7, 11) is 2.50. The fourth-order valence-corrected chi connectivity index (χ4v) is 1.65. The van der Waals surface area contributed by atoms with Crippen molar-refractivity contribution in [2.75, 3.05) is 14.2 Å². The lowest BCUT2D eigenvalue weighted by Gasteiger charge is -2.05. The van der Waals surface area contributed by atoms with Crippen LogP contribution in [0.4, 0.5) is 0 Å². The molecule has 0 fully saturated rings. The lowest BCUT2D eigenvalue weighted by molar-refractivity contribution is -0.139. The maximum absolute atomic E-state index is 11.6. The van der Waals surface area contributed by atoms with Crippen molar-refractivity contribution in [3.05, 3.63) is 35.5 Å². The molecule has 0 N–H and O–H groups in total. The van der Waals surface area contributed by atoms with Gasteiger partial charge in [0.2, 0.25) is 0 Å². The highest BCUT2D eigenvalue weighted by molar-refractivity contribution is 5.89. The Morgan fingerprint density at radius 3 is 2.75 bits per heavy atom. The van der Waals surface area contributed by atoms with Crippen LogP contribution in [0.5, 0.6) is 0 Å². The zero-order valence-electron chi connectivity index (χ0n) is 11.0. The molecular formula is C12H13N3O5. The van der Waals surface area contributed by atoms with E-state index in [0.29, 0.717) is 11.5 Å². The van der Waals surface area contributed by atoms with E-state index < -0.39 is 11.9 Å². The smallest absolute Gasteiger partial charge is 0.360 e. The van der Waals surface area contributed by atoms with Crippen LogP contribution in [0.1, 0.15) is 21.9 Å². The number of hydrogen-bond acceptors (Lipinski definition) is 7. The maximum atomic E-state index is 11.6. The van der Waals surface area contributed by atoms with Gasteiger partial charge in [-0.3, -0.25) is 4.79 Å². The molecule has 0 saturated heterocycles. The Morgan fingerprint density at radius 1 is 1.35 bits per heavy atom. The van der Waals surface area contributed by atoms with Crippen molar-refractivity contribution in [1.29, 1.82) is 0 Å².